The van der Waals surface area contributed by atoms with Gasteiger partial charge in [-0.25, -0.2) is 0 Å². The Morgan fingerprint density at radius 1 is 1.29 bits per heavy atom. The van der Waals surface area contributed by atoms with Gasteiger partial charge in [-0.3, -0.25) is 4.79 Å². The van der Waals surface area contributed by atoms with E-state index < -0.39 is 0 Å². The molecule has 92 valence electrons. The van der Waals surface area contributed by atoms with Crippen LogP contribution in [0.3, 0.4) is 0 Å². The van der Waals surface area contributed by atoms with Crippen LogP contribution in [-0.4, -0.2) is 30.5 Å². The predicted octanol–water partition coefficient (Wildman–Crippen LogP) is 2.71. The molecular weight excluding hydrogens is 214 g/mol. The highest BCUT2D eigenvalue weighted by Gasteiger charge is 2.18. The highest BCUT2D eigenvalue weighted by Crippen LogP contribution is 2.17. The van der Waals surface area contributed by atoms with Gasteiger partial charge >= 0.3 is 0 Å². The second-order valence-electron chi connectivity index (χ2n) is 4.31. The van der Waals surface area contributed by atoms with Crippen molar-refractivity contribution in [2.75, 3.05) is 19.7 Å². The van der Waals surface area contributed by atoms with E-state index in [4.69, 9.17) is 4.74 Å². The maximum atomic E-state index is 12.2. The lowest BCUT2D eigenvalue weighted by atomic mass is 10.1. The van der Waals surface area contributed by atoms with Crippen LogP contribution in [0, 0.1) is 0 Å². The lowest BCUT2D eigenvalue weighted by molar-refractivity contribution is 0.0724. The Bertz CT molecular complexity index is 384. The summed E-state index contributed by atoms with van der Waals surface area (Å²) in [6, 6.07) is 7.46. The second-order valence-corrected chi connectivity index (χ2v) is 4.31. The van der Waals surface area contributed by atoms with Crippen LogP contribution >= 0.6 is 0 Å². The van der Waals surface area contributed by atoms with Crippen molar-refractivity contribution >= 4 is 5.91 Å². The summed E-state index contributed by atoms with van der Waals surface area (Å²) in [6.45, 7) is 4.34. The molecule has 0 aliphatic carbocycles. The van der Waals surface area contributed by atoms with Gasteiger partial charge in [0.25, 0.3) is 5.91 Å². The van der Waals surface area contributed by atoms with Crippen molar-refractivity contribution in [1.29, 1.82) is 0 Å². The van der Waals surface area contributed by atoms with Gasteiger partial charge in [-0.05, 0) is 44.4 Å². The number of carbonyl (C=O) groups excluding carboxylic acids is 1. The second kappa shape index (κ2) is 5.71. The molecule has 1 fully saturated rings. The average molecular weight is 233 g/mol. The lowest BCUT2D eigenvalue weighted by Crippen LogP contribution is -2.35. The van der Waals surface area contributed by atoms with Crippen LogP contribution in [0.25, 0.3) is 0 Å². The molecule has 0 unspecified atom stereocenters. The summed E-state index contributed by atoms with van der Waals surface area (Å²) < 4.78 is 5.41. The molecule has 3 nitrogen and oxygen atoms in total. The van der Waals surface area contributed by atoms with Gasteiger partial charge in [0.15, 0.2) is 0 Å². The minimum atomic E-state index is 0.131. The van der Waals surface area contributed by atoms with Gasteiger partial charge in [-0.15, -0.1) is 0 Å². The molecule has 0 bridgehead atoms. The summed E-state index contributed by atoms with van der Waals surface area (Å²) in [7, 11) is 0. The standard InChI is InChI=1S/C14H19NO2/c1-2-17-13-8-6-7-12(11-13)14(16)15-9-4-3-5-10-15/h6-8,11H,2-5,9-10H2,1H3. The van der Waals surface area contributed by atoms with Crippen molar-refractivity contribution in [2.24, 2.45) is 0 Å². The molecule has 0 N–H and O–H groups in total. The fourth-order valence-electron chi connectivity index (χ4n) is 2.17. The Morgan fingerprint density at radius 3 is 2.76 bits per heavy atom. The van der Waals surface area contributed by atoms with Crippen molar-refractivity contribution in [3.05, 3.63) is 29.8 Å². The van der Waals surface area contributed by atoms with Gasteiger partial charge < -0.3 is 9.64 Å². The summed E-state index contributed by atoms with van der Waals surface area (Å²) >= 11 is 0. The number of hydrogen-bond acceptors (Lipinski definition) is 2. The van der Waals surface area contributed by atoms with Crippen molar-refractivity contribution in [1.82, 2.24) is 4.90 Å². The van der Waals surface area contributed by atoms with Crippen molar-refractivity contribution in [2.45, 2.75) is 26.2 Å². The summed E-state index contributed by atoms with van der Waals surface area (Å²) in [5.41, 5.74) is 0.734. The Morgan fingerprint density at radius 2 is 2.06 bits per heavy atom. The molecule has 0 radical (unpaired) electrons. The highest BCUT2D eigenvalue weighted by atomic mass is 16.5. The van der Waals surface area contributed by atoms with Crippen LogP contribution in [0.15, 0.2) is 24.3 Å². The van der Waals surface area contributed by atoms with Crippen molar-refractivity contribution in [3.8, 4) is 5.75 Å². The van der Waals surface area contributed by atoms with Crippen molar-refractivity contribution < 1.29 is 9.53 Å². The van der Waals surface area contributed by atoms with Gasteiger partial charge in [0.2, 0.25) is 0 Å². The molecule has 2 rings (SSSR count). The van der Waals surface area contributed by atoms with Gasteiger partial charge in [0.1, 0.15) is 5.75 Å². The van der Waals surface area contributed by atoms with E-state index in [0.717, 1.165) is 37.2 Å². The van der Waals surface area contributed by atoms with Crippen LogP contribution in [0.1, 0.15) is 36.5 Å². The van der Waals surface area contributed by atoms with E-state index in [2.05, 4.69) is 0 Å². The van der Waals surface area contributed by atoms with E-state index in [1.54, 1.807) is 0 Å². The third-order valence-electron chi connectivity index (χ3n) is 3.04. The number of rotatable bonds is 3. The van der Waals surface area contributed by atoms with E-state index in [9.17, 15) is 4.79 Å². The molecule has 1 heterocycles. The van der Waals surface area contributed by atoms with Crippen LogP contribution in [0.5, 0.6) is 5.75 Å². The molecular formula is C14H19NO2. The summed E-state index contributed by atoms with van der Waals surface area (Å²) in [6.07, 6.45) is 3.48. The summed E-state index contributed by atoms with van der Waals surface area (Å²) in [4.78, 5) is 14.2. The normalized spacial score (nSPS) is 15.7. The Labute approximate surface area is 102 Å². The first kappa shape index (κ1) is 12.0. The number of amides is 1. The topological polar surface area (TPSA) is 29.5 Å². The minimum Gasteiger partial charge on any atom is -0.494 e. The molecule has 0 atom stereocenters. The van der Waals surface area contributed by atoms with E-state index in [1.165, 1.54) is 6.42 Å². The smallest absolute Gasteiger partial charge is 0.253 e. The maximum absolute atomic E-state index is 12.2. The number of piperidine rings is 1. The first-order valence-electron chi connectivity index (χ1n) is 6.33. The number of nitrogens with zero attached hydrogens (tertiary/aromatic N) is 1. The zero-order chi connectivity index (χ0) is 12.1. The van der Waals surface area contributed by atoms with Crippen LogP contribution in [0.2, 0.25) is 0 Å². The average Bonchev–Trinajstić information content (AvgIpc) is 2.40. The molecule has 1 amide bonds. The quantitative estimate of drug-likeness (QED) is 0.803. The summed E-state index contributed by atoms with van der Waals surface area (Å²) in [5, 5.41) is 0. The van der Waals surface area contributed by atoms with E-state index in [-0.39, 0.29) is 5.91 Å². The fourth-order valence-corrected chi connectivity index (χ4v) is 2.17. The molecule has 17 heavy (non-hydrogen) atoms. The molecule has 0 saturated carbocycles. The van der Waals surface area contributed by atoms with Gasteiger partial charge in [0.05, 0.1) is 6.61 Å². The van der Waals surface area contributed by atoms with E-state index >= 15 is 0 Å². The van der Waals surface area contributed by atoms with Crippen LogP contribution in [-0.2, 0) is 0 Å². The number of benzene rings is 1. The van der Waals surface area contributed by atoms with Crippen LogP contribution in [0.4, 0.5) is 0 Å². The predicted molar refractivity (Wildman–Crippen MR) is 67.4 cm³/mol. The third-order valence-corrected chi connectivity index (χ3v) is 3.04. The zero-order valence-corrected chi connectivity index (χ0v) is 10.3. The summed E-state index contributed by atoms with van der Waals surface area (Å²) in [5.74, 6) is 0.904. The monoisotopic (exact) mass is 233 g/mol. The molecule has 1 aliphatic heterocycles. The number of carbonyl (C=O) groups is 1. The van der Waals surface area contributed by atoms with Crippen LogP contribution < -0.4 is 4.74 Å². The van der Waals surface area contributed by atoms with Gasteiger partial charge in [-0.1, -0.05) is 6.07 Å². The first-order chi connectivity index (χ1) is 8.31. The molecule has 3 heteroatoms. The van der Waals surface area contributed by atoms with E-state index in [0.29, 0.717) is 6.61 Å². The first-order valence-corrected chi connectivity index (χ1v) is 6.33. The molecule has 0 spiro atoms. The fraction of sp³-hybridized carbons (Fsp3) is 0.500. The minimum absolute atomic E-state index is 0.131. The molecule has 1 aromatic rings. The SMILES string of the molecule is CCOc1cccc(C(=O)N2CCCCC2)c1. The number of likely N-dealkylation sites (tertiary alicyclic amines) is 1. The largest absolute Gasteiger partial charge is 0.494 e. The Hall–Kier alpha value is -1.51. The Balaban J connectivity index is 2.09. The van der Waals surface area contributed by atoms with Crippen molar-refractivity contribution in [3.63, 3.8) is 0 Å². The van der Waals surface area contributed by atoms with Gasteiger partial charge in [-0.2, -0.15) is 0 Å². The highest BCUT2D eigenvalue weighted by molar-refractivity contribution is 5.94. The molecule has 1 saturated heterocycles. The van der Waals surface area contributed by atoms with Gasteiger partial charge in [0, 0.05) is 18.7 Å². The third kappa shape index (κ3) is 2.99. The molecule has 1 aromatic carbocycles. The van der Waals surface area contributed by atoms with E-state index in [1.807, 2.05) is 36.1 Å². The lowest BCUT2D eigenvalue weighted by Gasteiger charge is -2.26. The zero-order valence-electron chi connectivity index (χ0n) is 10.3. The number of hydrogen-bond donors (Lipinski definition) is 0. The maximum Gasteiger partial charge on any atom is 0.253 e. The number of ether oxygens (including phenoxy) is 1. The molecule has 0 aromatic heterocycles. The Kier molecular flexibility index (Phi) is 4.02. The molecule has 1 aliphatic rings.